The van der Waals surface area contributed by atoms with Crippen LogP contribution in [0, 0.1) is 11.8 Å². The highest BCUT2D eigenvalue weighted by atomic mass is 16.6. The molecule has 0 unspecified atom stereocenters. The number of hydrogen-bond donors (Lipinski definition) is 2. The fourth-order valence-corrected chi connectivity index (χ4v) is 4.45. The molecule has 6 nitrogen and oxygen atoms in total. The maximum absolute atomic E-state index is 12.2. The van der Waals surface area contributed by atoms with Crippen molar-refractivity contribution in [3.05, 3.63) is 60.7 Å². The van der Waals surface area contributed by atoms with E-state index in [0.29, 0.717) is 11.8 Å². The molecule has 0 saturated heterocycles. The number of rotatable bonds is 4. The van der Waals surface area contributed by atoms with Crippen molar-refractivity contribution in [2.75, 3.05) is 10.6 Å². The normalized spacial score (nSPS) is 25.5. The molecule has 4 rings (SSSR count). The lowest BCUT2D eigenvalue weighted by Crippen LogP contribution is -2.43. The summed E-state index contributed by atoms with van der Waals surface area (Å²) in [7, 11) is 0. The van der Waals surface area contributed by atoms with Gasteiger partial charge in [-0.05, 0) is 68.2 Å². The quantitative estimate of drug-likeness (QED) is 0.725. The van der Waals surface area contributed by atoms with Gasteiger partial charge in [0.1, 0.15) is 12.2 Å². The van der Waals surface area contributed by atoms with Crippen LogP contribution in [0.2, 0.25) is 0 Å². The van der Waals surface area contributed by atoms with Crippen LogP contribution < -0.4 is 10.6 Å². The molecule has 2 N–H and O–H groups in total. The molecule has 29 heavy (non-hydrogen) atoms. The summed E-state index contributed by atoms with van der Waals surface area (Å²) >= 11 is 0. The van der Waals surface area contributed by atoms with Crippen LogP contribution in [-0.4, -0.2) is 24.4 Å². The van der Waals surface area contributed by atoms with Gasteiger partial charge in [0.05, 0.1) is 0 Å². The van der Waals surface area contributed by atoms with E-state index in [0.717, 1.165) is 43.5 Å². The fourth-order valence-electron chi connectivity index (χ4n) is 4.45. The summed E-state index contributed by atoms with van der Waals surface area (Å²) in [5.74, 6) is 0.652. The standard InChI is InChI=1S/C23H26N2O4/c26-22(24-18-7-3-1-4-8-18)28-20-13-11-17-15-16(20)12-14-21(17)29-23(27)25-19-9-5-2-6-10-19/h1-10,16-17,20-21H,11-15H2,(H,24,26)(H,25,27)/t16-,17+,20-,21-/m1/s1. The third-order valence-electron chi connectivity index (χ3n) is 5.86. The molecule has 0 aliphatic heterocycles. The summed E-state index contributed by atoms with van der Waals surface area (Å²) in [5, 5.41) is 5.56. The lowest BCUT2D eigenvalue weighted by atomic mass is 9.69. The van der Waals surface area contributed by atoms with Crippen LogP contribution >= 0.6 is 0 Å². The lowest BCUT2D eigenvalue weighted by molar-refractivity contribution is -0.0444. The number of nitrogens with one attached hydrogen (secondary N) is 2. The minimum atomic E-state index is -0.403. The van der Waals surface area contributed by atoms with E-state index in [1.165, 1.54) is 0 Å². The summed E-state index contributed by atoms with van der Waals surface area (Å²) in [6, 6.07) is 18.6. The molecular formula is C23H26N2O4. The molecule has 152 valence electrons. The minimum Gasteiger partial charge on any atom is -0.446 e. The van der Waals surface area contributed by atoms with Crippen molar-refractivity contribution in [2.45, 2.75) is 44.3 Å². The number of para-hydroxylation sites is 2. The third kappa shape index (κ3) is 5.08. The van der Waals surface area contributed by atoms with Crippen molar-refractivity contribution in [2.24, 2.45) is 11.8 Å². The van der Waals surface area contributed by atoms with Crippen molar-refractivity contribution in [1.29, 1.82) is 0 Å². The van der Waals surface area contributed by atoms with Crippen LogP contribution in [0.4, 0.5) is 21.0 Å². The van der Waals surface area contributed by atoms with Gasteiger partial charge in [0.25, 0.3) is 0 Å². The molecule has 2 aliphatic rings. The van der Waals surface area contributed by atoms with Crippen LogP contribution in [0.5, 0.6) is 0 Å². The van der Waals surface area contributed by atoms with Gasteiger partial charge in [-0.1, -0.05) is 36.4 Å². The Morgan fingerprint density at radius 3 is 1.48 bits per heavy atom. The first-order chi connectivity index (χ1) is 14.2. The van der Waals surface area contributed by atoms with Crippen molar-refractivity contribution in [1.82, 2.24) is 0 Å². The first-order valence-corrected chi connectivity index (χ1v) is 10.2. The highest BCUT2D eigenvalue weighted by Gasteiger charge is 2.41. The van der Waals surface area contributed by atoms with Gasteiger partial charge >= 0.3 is 12.2 Å². The van der Waals surface area contributed by atoms with Gasteiger partial charge in [0, 0.05) is 11.4 Å². The minimum absolute atomic E-state index is 0.0749. The van der Waals surface area contributed by atoms with Crippen LogP contribution in [-0.2, 0) is 9.47 Å². The average Bonchev–Trinajstić information content (AvgIpc) is 2.73. The Kier molecular flexibility index (Phi) is 5.98. The average molecular weight is 394 g/mol. The number of amides is 2. The molecule has 0 radical (unpaired) electrons. The van der Waals surface area contributed by atoms with E-state index in [1.54, 1.807) is 0 Å². The predicted octanol–water partition coefficient (Wildman–Crippen LogP) is 5.43. The van der Waals surface area contributed by atoms with E-state index >= 15 is 0 Å². The second-order valence-electron chi connectivity index (χ2n) is 7.78. The first kappa shape index (κ1) is 19.3. The molecule has 2 saturated carbocycles. The van der Waals surface area contributed by atoms with Crippen molar-refractivity contribution in [3.8, 4) is 0 Å². The number of hydrogen-bond acceptors (Lipinski definition) is 4. The van der Waals surface area contributed by atoms with Crippen LogP contribution in [0.3, 0.4) is 0 Å². The molecule has 2 amide bonds. The van der Waals surface area contributed by atoms with Gasteiger partial charge in [-0.3, -0.25) is 10.6 Å². The van der Waals surface area contributed by atoms with Crippen molar-refractivity contribution >= 4 is 23.6 Å². The van der Waals surface area contributed by atoms with Gasteiger partial charge in [-0.15, -0.1) is 0 Å². The number of anilines is 2. The molecular weight excluding hydrogens is 368 g/mol. The summed E-state index contributed by atoms with van der Waals surface area (Å²) in [5.41, 5.74) is 1.46. The maximum atomic E-state index is 12.2. The number of fused-ring (bicyclic) bond motifs is 2. The Balaban J connectivity index is 1.25. The van der Waals surface area contributed by atoms with E-state index in [2.05, 4.69) is 10.6 Å². The van der Waals surface area contributed by atoms with Gasteiger partial charge in [-0.25, -0.2) is 9.59 Å². The highest BCUT2D eigenvalue weighted by molar-refractivity contribution is 5.85. The number of carbonyl (C=O) groups excluding carboxylic acids is 2. The van der Waals surface area contributed by atoms with Gasteiger partial charge in [0.15, 0.2) is 0 Å². The van der Waals surface area contributed by atoms with E-state index in [-0.39, 0.29) is 12.2 Å². The Bertz CT molecular complexity index is 758. The molecule has 0 heterocycles. The predicted molar refractivity (Wildman–Crippen MR) is 111 cm³/mol. The molecule has 2 aromatic rings. The molecule has 6 heteroatoms. The zero-order valence-electron chi connectivity index (χ0n) is 16.3. The Morgan fingerprint density at radius 2 is 1.07 bits per heavy atom. The Labute approximate surface area is 170 Å². The topological polar surface area (TPSA) is 76.7 Å². The zero-order chi connectivity index (χ0) is 20.1. The molecule has 0 aromatic heterocycles. The molecule has 0 spiro atoms. The molecule has 4 atom stereocenters. The highest BCUT2D eigenvalue weighted by Crippen LogP contribution is 2.42. The number of carbonyl (C=O) groups is 2. The zero-order valence-corrected chi connectivity index (χ0v) is 16.3. The molecule has 2 bridgehead atoms. The molecule has 2 aliphatic carbocycles. The molecule has 2 fully saturated rings. The summed E-state index contributed by atoms with van der Waals surface area (Å²) < 4.78 is 11.4. The van der Waals surface area contributed by atoms with E-state index in [4.69, 9.17) is 9.47 Å². The monoisotopic (exact) mass is 394 g/mol. The second kappa shape index (κ2) is 8.99. The Morgan fingerprint density at radius 1 is 0.655 bits per heavy atom. The van der Waals surface area contributed by atoms with Crippen molar-refractivity contribution in [3.63, 3.8) is 0 Å². The van der Waals surface area contributed by atoms with Crippen LogP contribution in [0.25, 0.3) is 0 Å². The summed E-state index contributed by atoms with van der Waals surface area (Å²) in [4.78, 5) is 24.4. The van der Waals surface area contributed by atoms with Gasteiger partial charge < -0.3 is 9.47 Å². The molecule has 2 aromatic carbocycles. The fraction of sp³-hybridized carbons (Fsp3) is 0.391. The summed E-state index contributed by atoms with van der Waals surface area (Å²) in [6.07, 6.45) is 3.36. The van der Waals surface area contributed by atoms with E-state index in [1.807, 2.05) is 60.7 Å². The Hall–Kier alpha value is -3.02. The third-order valence-corrected chi connectivity index (χ3v) is 5.86. The van der Waals surface area contributed by atoms with E-state index < -0.39 is 12.2 Å². The first-order valence-electron chi connectivity index (χ1n) is 10.2. The van der Waals surface area contributed by atoms with Gasteiger partial charge in [-0.2, -0.15) is 0 Å². The smallest absolute Gasteiger partial charge is 0.411 e. The van der Waals surface area contributed by atoms with E-state index in [9.17, 15) is 9.59 Å². The summed E-state index contributed by atoms with van der Waals surface area (Å²) in [6.45, 7) is 0. The number of benzene rings is 2. The van der Waals surface area contributed by atoms with Crippen molar-refractivity contribution < 1.29 is 19.1 Å². The number of ether oxygens (including phenoxy) is 2. The second-order valence-corrected chi connectivity index (χ2v) is 7.78. The van der Waals surface area contributed by atoms with Gasteiger partial charge in [0.2, 0.25) is 0 Å². The maximum Gasteiger partial charge on any atom is 0.411 e. The lowest BCUT2D eigenvalue weighted by Gasteiger charge is -2.43. The largest absolute Gasteiger partial charge is 0.446 e. The van der Waals surface area contributed by atoms with Crippen LogP contribution in [0.15, 0.2) is 60.7 Å². The SMILES string of the molecule is O=C(Nc1ccccc1)O[C@@H]1CC[C@H]2C[C@H]1CC[C@H]2OC(=O)Nc1ccccc1. The van der Waals surface area contributed by atoms with Crippen LogP contribution in [0.1, 0.15) is 32.1 Å².